The van der Waals surface area contributed by atoms with Crippen LogP contribution in [0.1, 0.15) is 27.2 Å². The number of carbonyl (C=O) groups is 1. The Bertz CT molecular complexity index is 628. The SMILES string of the molecule is CC(C)(C)OC(=O)NCCCn1cnc2cc(N)ccc21. The van der Waals surface area contributed by atoms with E-state index in [-0.39, 0.29) is 6.09 Å². The molecule has 0 aliphatic carbocycles. The minimum Gasteiger partial charge on any atom is -0.444 e. The molecule has 2 aromatic rings. The van der Waals surface area contributed by atoms with Gasteiger partial charge in [0.15, 0.2) is 0 Å². The number of alkyl carbamates (subject to hydrolysis) is 1. The summed E-state index contributed by atoms with van der Waals surface area (Å²) in [5.41, 5.74) is 7.90. The smallest absolute Gasteiger partial charge is 0.407 e. The monoisotopic (exact) mass is 290 g/mol. The minimum absolute atomic E-state index is 0.384. The van der Waals surface area contributed by atoms with Crippen LogP contribution in [0.5, 0.6) is 0 Å². The molecule has 0 unspecified atom stereocenters. The summed E-state index contributed by atoms with van der Waals surface area (Å²) >= 11 is 0. The number of ether oxygens (including phenoxy) is 1. The van der Waals surface area contributed by atoms with Gasteiger partial charge in [0.1, 0.15) is 5.60 Å². The molecule has 0 spiro atoms. The summed E-state index contributed by atoms with van der Waals surface area (Å²) in [4.78, 5) is 15.8. The Kier molecular flexibility index (Phi) is 4.35. The number of fused-ring (bicyclic) bond motifs is 1. The molecule has 6 nitrogen and oxygen atoms in total. The zero-order valence-corrected chi connectivity index (χ0v) is 12.7. The lowest BCUT2D eigenvalue weighted by Gasteiger charge is -2.19. The van der Waals surface area contributed by atoms with Gasteiger partial charge in [0, 0.05) is 18.8 Å². The number of anilines is 1. The lowest BCUT2D eigenvalue weighted by Crippen LogP contribution is -2.33. The van der Waals surface area contributed by atoms with Crippen molar-refractivity contribution in [3.8, 4) is 0 Å². The highest BCUT2D eigenvalue weighted by atomic mass is 16.6. The number of benzene rings is 1. The van der Waals surface area contributed by atoms with Crippen LogP contribution in [0.4, 0.5) is 10.5 Å². The number of nitrogens with zero attached hydrogens (tertiary/aromatic N) is 2. The molecule has 0 bridgehead atoms. The predicted octanol–water partition coefficient (Wildman–Crippen LogP) is 2.53. The fourth-order valence-corrected chi connectivity index (χ4v) is 2.01. The van der Waals surface area contributed by atoms with Crippen LogP contribution in [-0.2, 0) is 11.3 Å². The van der Waals surface area contributed by atoms with E-state index in [1.165, 1.54) is 0 Å². The number of carbonyl (C=O) groups excluding carboxylic acids is 1. The van der Waals surface area contributed by atoms with E-state index in [0.29, 0.717) is 12.2 Å². The summed E-state index contributed by atoms with van der Waals surface area (Å²) in [5.74, 6) is 0. The Hall–Kier alpha value is -2.24. The fraction of sp³-hybridized carbons (Fsp3) is 0.467. The van der Waals surface area contributed by atoms with E-state index in [1.807, 2.05) is 43.5 Å². The predicted molar refractivity (Wildman–Crippen MR) is 83.0 cm³/mol. The topological polar surface area (TPSA) is 82.2 Å². The number of nitrogens with one attached hydrogen (secondary N) is 1. The van der Waals surface area contributed by atoms with E-state index in [9.17, 15) is 4.79 Å². The number of rotatable bonds is 4. The third-order valence-corrected chi connectivity index (χ3v) is 2.89. The van der Waals surface area contributed by atoms with Crippen molar-refractivity contribution in [1.29, 1.82) is 0 Å². The van der Waals surface area contributed by atoms with E-state index in [4.69, 9.17) is 10.5 Å². The maximum absolute atomic E-state index is 11.5. The van der Waals surface area contributed by atoms with Gasteiger partial charge in [-0.3, -0.25) is 0 Å². The number of nitrogen functional groups attached to an aromatic ring is 1. The molecule has 0 aliphatic heterocycles. The second-order valence-electron chi connectivity index (χ2n) is 5.97. The first-order valence-electron chi connectivity index (χ1n) is 7.02. The van der Waals surface area contributed by atoms with Crippen molar-refractivity contribution >= 4 is 22.8 Å². The number of aromatic nitrogens is 2. The standard InChI is InChI=1S/C15H22N4O2/c1-15(2,3)21-14(20)17-7-4-8-19-10-18-12-9-11(16)5-6-13(12)19/h5-6,9-10H,4,7-8,16H2,1-3H3,(H,17,20). The maximum atomic E-state index is 11.5. The number of amides is 1. The number of aryl methyl sites for hydroxylation is 1. The molecule has 21 heavy (non-hydrogen) atoms. The van der Waals surface area contributed by atoms with E-state index < -0.39 is 5.60 Å². The molecule has 0 radical (unpaired) electrons. The van der Waals surface area contributed by atoms with Crippen molar-refractivity contribution in [2.75, 3.05) is 12.3 Å². The summed E-state index contributed by atoms with van der Waals surface area (Å²) < 4.78 is 7.22. The van der Waals surface area contributed by atoms with Crippen LogP contribution in [0.25, 0.3) is 11.0 Å². The molecule has 1 aromatic heterocycles. The van der Waals surface area contributed by atoms with Gasteiger partial charge in [-0.15, -0.1) is 0 Å². The molecule has 0 atom stereocenters. The van der Waals surface area contributed by atoms with Gasteiger partial charge in [0.2, 0.25) is 0 Å². The minimum atomic E-state index is -0.468. The first-order valence-corrected chi connectivity index (χ1v) is 7.02. The van der Waals surface area contributed by atoms with Gasteiger partial charge >= 0.3 is 6.09 Å². The second kappa shape index (κ2) is 6.03. The lowest BCUT2D eigenvalue weighted by molar-refractivity contribution is 0.0527. The van der Waals surface area contributed by atoms with Gasteiger partial charge in [-0.2, -0.15) is 0 Å². The molecule has 2 rings (SSSR count). The second-order valence-corrected chi connectivity index (χ2v) is 5.97. The van der Waals surface area contributed by atoms with Gasteiger partial charge in [0.25, 0.3) is 0 Å². The summed E-state index contributed by atoms with van der Waals surface area (Å²) in [6, 6.07) is 5.67. The fourth-order valence-electron chi connectivity index (χ4n) is 2.01. The molecule has 1 aromatic carbocycles. The first-order chi connectivity index (χ1) is 9.85. The van der Waals surface area contributed by atoms with Gasteiger partial charge in [-0.1, -0.05) is 0 Å². The van der Waals surface area contributed by atoms with Crippen LogP contribution in [0.3, 0.4) is 0 Å². The number of hydrogen-bond acceptors (Lipinski definition) is 4. The van der Waals surface area contributed by atoms with Crippen molar-refractivity contribution in [1.82, 2.24) is 14.9 Å². The maximum Gasteiger partial charge on any atom is 0.407 e. The Morgan fingerprint density at radius 2 is 2.19 bits per heavy atom. The summed E-state index contributed by atoms with van der Waals surface area (Å²) in [6.07, 6.45) is 2.21. The Balaban J connectivity index is 1.82. The molecule has 3 N–H and O–H groups in total. The first kappa shape index (κ1) is 15.2. The molecule has 0 fully saturated rings. The number of hydrogen-bond donors (Lipinski definition) is 2. The van der Waals surface area contributed by atoms with Crippen LogP contribution in [0, 0.1) is 0 Å². The molecule has 0 saturated carbocycles. The molecule has 6 heteroatoms. The highest BCUT2D eigenvalue weighted by molar-refractivity contribution is 5.78. The van der Waals surface area contributed by atoms with Crippen LogP contribution in [-0.4, -0.2) is 27.8 Å². The normalized spacial score (nSPS) is 11.6. The van der Waals surface area contributed by atoms with Crippen molar-refractivity contribution in [3.05, 3.63) is 24.5 Å². The number of nitrogens with two attached hydrogens (primary N) is 1. The molecular formula is C15H22N4O2. The highest BCUT2D eigenvalue weighted by Gasteiger charge is 2.15. The van der Waals surface area contributed by atoms with Crippen LogP contribution in [0.2, 0.25) is 0 Å². The van der Waals surface area contributed by atoms with Crippen molar-refractivity contribution < 1.29 is 9.53 Å². The molecular weight excluding hydrogens is 268 g/mol. The molecule has 1 heterocycles. The average molecular weight is 290 g/mol. The summed E-state index contributed by atoms with van der Waals surface area (Å²) in [6.45, 7) is 6.86. The van der Waals surface area contributed by atoms with E-state index in [0.717, 1.165) is 24.0 Å². The van der Waals surface area contributed by atoms with Crippen LogP contribution >= 0.6 is 0 Å². The average Bonchev–Trinajstić information content (AvgIpc) is 2.75. The van der Waals surface area contributed by atoms with E-state index in [1.54, 1.807) is 6.33 Å². The van der Waals surface area contributed by atoms with Gasteiger partial charge < -0.3 is 20.4 Å². The molecule has 0 saturated heterocycles. The third-order valence-electron chi connectivity index (χ3n) is 2.89. The summed E-state index contributed by atoms with van der Waals surface area (Å²) in [5, 5.41) is 2.74. The largest absolute Gasteiger partial charge is 0.444 e. The van der Waals surface area contributed by atoms with Crippen molar-refractivity contribution in [2.45, 2.75) is 39.3 Å². The van der Waals surface area contributed by atoms with E-state index in [2.05, 4.69) is 10.3 Å². The molecule has 0 aliphatic rings. The molecule has 114 valence electrons. The van der Waals surface area contributed by atoms with Crippen LogP contribution < -0.4 is 11.1 Å². The van der Waals surface area contributed by atoms with Crippen molar-refractivity contribution in [2.24, 2.45) is 0 Å². The van der Waals surface area contributed by atoms with Crippen LogP contribution in [0.15, 0.2) is 24.5 Å². The Morgan fingerprint density at radius 1 is 1.43 bits per heavy atom. The van der Waals surface area contributed by atoms with Gasteiger partial charge in [0.05, 0.1) is 17.4 Å². The van der Waals surface area contributed by atoms with Gasteiger partial charge in [-0.25, -0.2) is 9.78 Å². The Morgan fingerprint density at radius 3 is 2.90 bits per heavy atom. The third kappa shape index (κ3) is 4.37. The quantitative estimate of drug-likeness (QED) is 0.669. The Labute approximate surface area is 124 Å². The van der Waals surface area contributed by atoms with E-state index >= 15 is 0 Å². The lowest BCUT2D eigenvalue weighted by atomic mass is 10.2. The number of imidazole rings is 1. The zero-order valence-electron chi connectivity index (χ0n) is 12.7. The van der Waals surface area contributed by atoms with Gasteiger partial charge in [-0.05, 0) is 45.4 Å². The molecule has 1 amide bonds. The zero-order chi connectivity index (χ0) is 15.5. The highest BCUT2D eigenvalue weighted by Crippen LogP contribution is 2.16. The van der Waals surface area contributed by atoms with Crippen molar-refractivity contribution in [3.63, 3.8) is 0 Å². The summed E-state index contributed by atoms with van der Waals surface area (Å²) in [7, 11) is 0.